The van der Waals surface area contributed by atoms with Crippen LogP contribution in [0.15, 0.2) is 20.4 Å². The van der Waals surface area contributed by atoms with E-state index < -0.39 is 0 Å². The summed E-state index contributed by atoms with van der Waals surface area (Å²) in [5, 5.41) is 45.9. The largest absolute Gasteiger partial charge is 0.250 e. The summed E-state index contributed by atoms with van der Waals surface area (Å²) in [7, 11) is 3.80. The normalized spacial score (nSPS) is 13.7. The van der Waals surface area contributed by atoms with E-state index >= 15 is 0 Å². The van der Waals surface area contributed by atoms with Crippen LogP contribution in [-0.4, -0.2) is 72.3 Å². The van der Waals surface area contributed by atoms with E-state index in [4.69, 9.17) is 5.10 Å². The zero-order chi connectivity index (χ0) is 32.0. The summed E-state index contributed by atoms with van der Waals surface area (Å²) < 4.78 is 9.10. The van der Waals surface area contributed by atoms with Crippen LogP contribution in [0.1, 0.15) is 66.5 Å². The van der Waals surface area contributed by atoms with Crippen LogP contribution in [0.3, 0.4) is 0 Å². The molecule has 0 spiro atoms. The number of hydrazone groups is 1. The van der Waals surface area contributed by atoms with Gasteiger partial charge in [-0.05, 0) is 69.2 Å². The predicted octanol–water partition coefficient (Wildman–Crippen LogP) is 4.43. The van der Waals surface area contributed by atoms with Crippen LogP contribution in [0.2, 0.25) is 0 Å². The Labute approximate surface area is 255 Å². The van der Waals surface area contributed by atoms with E-state index in [0.717, 1.165) is 87.3 Å². The standard InChI is InChI=1S/2C14H20N8/c1-7-21-14(8(2)9(3)17-21)20(6)19-12-10(4)18-22-11(5)15-16-13(12)22;1-7-21-13(8(2)9(3)17-21)16-15-12-10(4)18-22-11(5)19-20(6)14(12)22/h2*7H2,1-6H3/b19-12-;. The Kier molecular flexibility index (Phi) is 8.01. The maximum absolute atomic E-state index is 4.70. The molecule has 0 bridgehead atoms. The van der Waals surface area contributed by atoms with Crippen LogP contribution in [0.5, 0.6) is 0 Å². The Hall–Kier alpha value is -5.02. The average Bonchev–Trinajstić information content (AvgIpc) is 3.79. The first-order valence-electron chi connectivity index (χ1n) is 14.6. The van der Waals surface area contributed by atoms with Gasteiger partial charge in [-0.25, -0.2) is 14.0 Å². The number of aromatic nitrogens is 11. The molecule has 5 aromatic rings. The third kappa shape index (κ3) is 5.09. The quantitative estimate of drug-likeness (QED) is 0.206. The Bertz CT molecular complexity index is 1950. The minimum absolute atomic E-state index is 0.679. The molecule has 1 aliphatic rings. The van der Waals surface area contributed by atoms with Crippen molar-refractivity contribution in [2.45, 2.75) is 82.3 Å². The number of azo groups is 1. The molecule has 0 fully saturated rings. The Morgan fingerprint density at radius 2 is 1.39 bits per heavy atom. The second-order valence-electron chi connectivity index (χ2n) is 10.8. The molecular weight excluding hydrogens is 560 g/mol. The monoisotopic (exact) mass is 600 g/mol. The van der Waals surface area contributed by atoms with Gasteiger partial charge in [0.15, 0.2) is 28.7 Å². The fourth-order valence-corrected chi connectivity index (χ4v) is 5.14. The summed E-state index contributed by atoms with van der Waals surface area (Å²) in [4.78, 5) is 0. The Morgan fingerprint density at radius 3 is 2.07 bits per heavy atom. The van der Waals surface area contributed by atoms with Gasteiger partial charge in [-0.2, -0.15) is 39.8 Å². The van der Waals surface area contributed by atoms with Gasteiger partial charge in [-0.15, -0.1) is 20.4 Å². The summed E-state index contributed by atoms with van der Waals surface area (Å²) in [5.41, 5.74) is 8.15. The lowest BCUT2D eigenvalue weighted by Crippen LogP contribution is -2.21. The average molecular weight is 601 g/mol. The van der Waals surface area contributed by atoms with Crippen molar-refractivity contribution in [3.63, 3.8) is 0 Å². The number of anilines is 1. The van der Waals surface area contributed by atoms with E-state index in [1.54, 1.807) is 13.9 Å². The zero-order valence-electron chi connectivity index (χ0n) is 27.6. The molecule has 0 aromatic carbocycles. The van der Waals surface area contributed by atoms with Crippen molar-refractivity contribution >= 4 is 34.4 Å². The molecule has 0 aliphatic carbocycles. The highest BCUT2D eigenvalue weighted by molar-refractivity contribution is 6.48. The van der Waals surface area contributed by atoms with Gasteiger partial charge in [0.25, 0.3) is 0 Å². The van der Waals surface area contributed by atoms with E-state index in [1.807, 2.05) is 83.9 Å². The van der Waals surface area contributed by atoms with Crippen LogP contribution in [-0.2, 0) is 20.1 Å². The number of fused-ring (bicyclic) bond motifs is 2. The number of rotatable bonds is 6. The predicted molar refractivity (Wildman–Crippen MR) is 169 cm³/mol. The molecule has 232 valence electrons. The maximum atomic E-state index is 4.70. The third-order valence-electron chi connectivity index (χ3n) is 7.70. The van der Waals surface area contributed by atoms with E-state index in [-0.39, 0.29) is 0 Å². The fourth-order valence-electron chi connectivity index (χ4n) is 5.14. The minimum Gasteiger partial charge on any atom is -0.250 e. The molecule has 0 amide bonds. The van der Waals surface area contributed by atoms with Crippen LogP contribution in [0.25, 0.3) is 5.65 Å². The summed E-state index contributed by atoms with van der Waals surface area (Å²) in [6.07, 6.45) is 0. The molecule has 0 unspecified atom stereocenters. The summed E-state index contributed by atoms with van der Waals surface area (Å²) >= 11 is 0. The molecular formula is C28H40N16. The minimum atomic E-state index is 0.679. The molecule has 6 rings (SSSR count). The smallest absolute Gasteiger partial charge is 0.207 e. The number of nitrogens with zero attached hydrogens (tertiary/aromatic N) is 16. The Morgan fingerprint density at radius 1 is 0.727 bits per heavy atom. The summed E-state index contributed by atoms with van der Waals surface area (Å²) in [5.74, 6) is 4.03. The van der Waals surface area contributed by atoms with Gasteiger partial charge in [0.2, 0.25) is 5.82 Å². The van der Waals surface area contributed by atoms with Crippen molar-refractivity contribution < 1.29 is 0 Å². The topological polar surface area (TPSA) is 154 Å². The number of aryl methyl sites for hydroxylation is 8. The van der Waals surface area contributed by atoms with Crippen molar-refractivity contribution in [2.24, 2.45) is 27.5 Å². The highest BCUT2D eigenvalue weighted by Crippen LogP contribution is 2.29. The van der Waals surface area contributed by atoms with Crippen molar-refractivity contribution in [1.29, 1.82) is 0 Å². The lowest BCUT2D eigenvalue weighted by molar-refractivity contribution is 0.644. The molecule has 6 heterocycles. The molecule has 0 radical (unpaired) electrons. The fraction of sp³-hybridized carbons (Fsp3) is 0.500. The first-order valence-corrected chi connectivity index (χ1v) is 14.6. The molecule has 0 N–H and O–H groups in total. The van der Waals surface area contributed by atoms with E-state index in [2.05, 4.69) is 59.8 Å². The number of hydrogen-bond acceptors (Lipinski definition) is 11. The molecule has 0 atom stereocenters. The van der Waals surface area contributed by atoms with Crippen molar-refractivity contribution in [2.75, 3.05) is 12.1 Å². The highest BCUT2D eigenvalue weighted by atomic mass is 15.5. The van der Waals surface area contributed by atoms with Gasteiger partial charge < -0.3 is 0 Å². The van der Waals surface area contributed by atoms with Crippen molar-refractivity contribution in [3.8, 4) is 0 Å². The van der Waals surface area contributed by atoms with Crippen LogP contribution < -0.4 is 5.01 Å². The van der Waals surface area contributed by atoms with Crippen molar-refractivity contribution in [1.82, 2.24) is 53.8 Å². The van der Waals surface area contributed by atoms with Gasteiger partial charge >= 0.3 is 0 Å². The van der Waals surface area contributed by atoms with Gasteiger partial charge in [0.05, 0.1) is 22.8 Å². The van der Waals surface area contributed by atoms with E-state index in [9.17, 15) is 0 Å². The summed E-state index contributed by atoms with van der Waals surface area (Å²) in [6.45, 7) is 21.4. The first-order chi connectivity index (χ1) is 20.9. The van der Waals surface area contributed by atoms with E-state index in [0.29, 0.717) is 5.82 Å². The molecule has 0 saturated heterocycles. The Balaban J connectivity index is 0.000000175. The van der Waals surface area contributed by atoms with Crippen LogP contribution in [0.4, 0.5) is 17.3 Å². The lowest BCUT2D eigenvalue weighted by Gasteiger charge is -2.16. The second kappa shape index (κ2) is 11.6. The first kappa shape index (κ1) is 30.4. The van der Waals surface area contributed by atoms with Gasteiger partial charge in [-0.1, -0.05) is 0 Å². The third-order valence-corrected chi connectivity index (χ3v) is 7.70. The second-order valence-corrected chi connectivity index (χ2v) is 10.8. The van der Waals surface area contributed by atoms with Gasteiger partial charge in [0, 0.05) is 38.3 Å². The van der Waals surface area contributed by atoms with Crippen LogP contribution >= 0.6 is 0 Å². The van der Waals surface area contributed by atoms with Gasteiger partial charge in [0.1, 0.15) is 11.6 Å². The summed E-state index contributed by atoms with van der Waals surface area (Å²) in [6, 6.07) is 0. The molecule has 1 aliphatic heterocycles. The van der Waals surface area contributed by atoms with Gasteiger partial charge in [-0.3, -0.25) is 5.01 Å². The highest BCUT2D eigenvalue weighted by Gasteiger charge is 2.26. The molecule has 5 aromatic heterocycles. The zero-order valence-corrected chi connectivity index (χ0v) is 27.6. The molecule has 16 nitrogen and oxygen atoms in total. The van der Waals surface area contributed by atoms with Crippen molar-refractivity contribution in [3.05, 3.63) is 45.7 Å². The molecule has 0 saturated carbocycles. The number of hydrogen-bond donors (Lipinski definition) is 0. The SMILES string of the molecule is CCn1nc(C)c(C)c1N(C)/N=C1/C(C)=Nn2c(C)nnc21.CCn1nc(C)c(C)c1N=Nc1c(C)nn2c(C)nn(C)c12. The molecule has 44 heavy (non-hydrogen) atoms. The van der Waals surface area contributed by atoms with E-state index in [1.165, 1.54) is 0 Å². The van der Waals surface area contributed by atoms with Crippen LogP contribution in [0, 0.1) is 48.5 Å². The molecule has 16 heteroatoms. The maximum Gasteiger partial charge on any atom is 0.207 e. The lowest BCUT2D eigenvalue weighted by atomic mass is 10.2.